The van der Waals surface area contributed by atoms with Crippen molar-refractivity contribution in [3.8, 4) is 12.3 Å². The first-order valence-corrected chi connectivity index (χ1v) is 3.73. The largest absolute Gasteiger partial charge is 0.304 e. The van der Waals surface area contributed by atoms with Gasteiger partial charge in [0.25, 0.3) is 0 Å². The van der Waals surface area contributed by atoms with Crippen LogP contribution >= 0.6 is 0 Å². The number of allylic oxidation sites excluding steroid dienone is 2. The average molecular weight is 149 g/mol. The Bertz CT molecular complexity index is 226. The van der Waals surface area contributed by atoms with E-state index < -0.39 is 0 Å². The topological polar surface area (TPSA) is 23.9 Å². The van der Waals surface area contributed by atoms with E-state index in [9.17, 15) is 0 Å². The van der Waals surface area contributed by atoms with E-state index in [4.69, 9.17) is 11.8 Å². The summed E-state index contributed by atoms with van der Waals surface area (Å²) in [5.74, 6) is 2.97. The Morgan fingerprint density at radius 1 is 1.36 bits per heavy atom. The van der Waals surface area contributed by atoms with Crippen molar-refractivity contribution in [2.24, 2.45) is 5.92 Å². The molecule has 0 heterocycles. The third kappa shape index (κ3) is 2.59. The lowest BCUT2D eigenvalue weighted by Gasteiger charge is -2.08. The summed E-state index contributed by atoms with van der Waals surface area (Å²) < 4.78 is 0. The van der Waals surface area contributed by atoms with Gasteiger partial charge in [0.15, 0.2) is 0 Å². The van der Waals surface area contributed by atoms with E-state index in [1.54, 1.807) is 6.92 Å². The molecular weight excluding hydrogens is 134 g/mol. The van der Waals surface area contributed by atoms with Crippen LogP contribution in [0.1, 0.15) is 27.7 Å². The van der Waals surface area contributed by atoms with Gasteiger partial charge in [-0.15, -0.1) is 6.42 Å². The summed E-state index contributed by atoms with van der Waals surface area (Å²) in [7, 11) is 0. The monoisotopic (exact) mass is 149 g/mol. The number of hydrogen-bond donors (Lipinski definition) is 1. The molecule has 0 aliphatic rings. The van der Waals surface area contributed by atoms with Crippen LogP contribution in [-0.4, -0.2) is 5.71 Å². The standard InChI is InChI=1S/C10H15N/c1-6-10(9(5)11)8(4)7(2)3/h1,7,11H,2-5H3/b10-8+,11-9?. The first-order valence-electron chi connectivity index (χ1n) is 3.73. The Kier molecular flexibility index (Phi) is 3.60. The van der Waals surface area contributed by atoms with Gasteiger partial charge >= 0.3 is 0 Å². The molecule has 0 saturated carbocycles. The first-order chi connectivity index (χ1) is 5.00. The van der Waals surface area contributed by atoms with Crippen molar-refractivity contribution in [3.63, 3.8) is 0 Å². The minimum absolute atomic E-state index is 0.432. The normalized spacial score (nSPS) is 12.4. The Morgan fingerprint density at radius 3 is 1.91 bits per heavy atom. The smallest absolute Gasteiger partial charge is 0.0439 e. The fourth-order valence-corrected chi connectivity index (χ4v) is 0.807. The minimum atomic E-state index is 0.432. The van der Waals surface area contributed by atoms with Crippen LogP contribution in [0.2, 0.25) is 0 Å². The van der Waals surface area contributed by atoms with Crippen molar-refractivity contribution < 1.29 is 0 Å². The van der Waals surface area contributed by atoms with Crippen LogP contribution in [0.25, 0.3) is 0 Å². The highest BCUT2D eigenvalue weighted by Crippen LogP contribution is 2.13. The van der Waals surface area contributed by atoms with Crippen LogP contribution < -0.4 is 0 Å². The second-order valence-corrected chi connectivity index (χ2v) is 2.98. The van der Waals surface area contributed by atoms with Crippen molar-refractivity contribution in [1.82, 2.24) is 0 Å². The molecule has 11 heavy (non-hydrogen) atoms. The Hall–Kier alpha value is -1.03. The molecule has 1 heteroatoms. The molecule has 0 unspecified atom stereocenters. The highest BCUT2D eigenvalue weighted by molar-refractivity contribution is 6.00. The third-order valence-corrected chi connectivity index (χ3v) is 1.78. The number of rotatable bonds is 2. The maximum atomic E-state index is 7.37. The molecule has 0 aromatic rings. The molecule has 0 aliphatic heterocycles. The summed E-state index contributed by atoms with van der Waals surface area (Å²) in [6, 6.07) is 0. The van der Waals surface area contributed by atoms with Gasteiger partial charge in [-0.3, -0.25) is 0 Å². The average Bonchev–Trinajstić information content (AvgIpc) is 1.88. The summed E-state index contributed by atoms with van der Waals surface area (Å²) in [5.41, 5.74) is 2.36. The molecule has 0 atom stereocenters. The van der Waals surface area contributed by atoms with Gasteiger partial charge in [-0.1, -0.05) is 25.3 Å². The number of hydrogen-bond acceptors (Lipinski definition) is 1. The second-order valence-electron chi connectivity index (χ2n) is 2.98. The van der Waals surface area contributed by atoms with Crippen molar-refractivity contribution in [3.05, 3.63) is 11.1 Å². The van der Waals surface area contributed by atoms with Crippen molar-refractivity contribution in [1.29, 1.82) is 5.41 Å². The molecule has 0 fully saturated rings. The predicted octanol–water partition coefficient (Wildman–Crippen LogP) is 2.63. The molecular formula is C10H15N. The Labute approximate surface area is 69.0 Å². The second kappa shape index (κ2) is 3.98. The van der Waals surface area contributed by atoms with E-state index in [1.165, 1.54) is 0 Å². The molecule has 0 amide bonds. The van der Waals surface area contributed by atoms with E-state index in [0.717, 1.165) is 11.1 Å². The number of nitrogens with one attached hydrogen (secondary N) is 1. The van der Waals surface area contributed by atoms with Crippen molar-refractivity contribution in [2.45, 2.75) is 27.7 Å². The zero-order chi connectivity index (χ0) is 9.02. The van der Waals surface area contributed by atoms with Gasteiger partial charge in [0.1, 0.15) is 0 Å². The van der Waals surface area contributed by atoms with Crippen LogP contribution in [0.3, 0.4) is 0 Å². The fraction of sp³-hybridized carbons (Fsp3) is 0.500. The molecule has 1 N–H and O–H groups in total. The van der Waals surface area contributed by atoms with Gasteiger partial charge in [0.2, 0.25) is 0 Å². The fourth-order valence-electron chi connectivity index (χ4n) is 0.807. The summed E-state index contributed by atoms with van der Waals surface area (Å²) in [4.78, 5) is 0. The van der Waals surface area contributed by atoms with Crippen molar-refractivity contribution >= 4 is 5.71 Å². The Morgan fingerprint density at radius 2 is 1.82 bits per heavy atom. The SMILES string of the molecule is C#C/C(C(C)=N)=C(/C)C(C)C. The van der Waals surface area contributed by atoms with Crippen LogP contribution in [-0.2, 0) is 0 Å². The van der Waals surface area contributed by atoms with Crippen LogP contribution in [0.4, 0.5) is 0 Å². The highest BCUT2D eigenvalue weighted by atomic mass is 14.4. The van der Waals surface area contributed by atoms with E-state index in [-0.39, 0.29) is 0 Å². The molecule has 0 spiro atoms. The first kappa shape index (κ1) is 9.97. The molecule has 60 valence electrons. The zero-order valence-corrected chi connectivity index (χ0v) is 7.65. The summed E-state index contributed by atoms with van der Waals surface area (Å²) in [5, 5.41) is 7.37. The molecule has 0 bridgehead atoms. The highest BCUT2D eigenvalue weighted by Gasteiger charge is 2.04. The van der Waals surface area contributed by atoms with E-state index in [0.29, 0.717) is 11.6 Å². The molecule has 1 nitrogen and oxygen atoms in total. The molecule has 0 aliphatic carbocycles. The lowest BCUT2D eigenvalue weighted by molar-refractivity contribution is 0.766. The van der Waals surface area contributed by atoms with E-state index >= 15 is 0 Å². The van der Waals surface area contributed by atoms with E-state index in [1.807, 2.05) is 6.92 Å². The lowest BCUT2D eigenvalue weighted by Crippen LogP contribution is -2.01. The van der Waals surface area contributed by atoms with Gasteiger partial charge in [-0.25, -0.2) is 0 Å². The van der Waals surface area contributed by atoms with Gasteiger partial charge in [0.05, 0.1) is 0 Å². The molecule has 0 rings (SSSR count). The van der Waals surface area contributed by atoms with Crippen LogP contribution in [0.15, 0.2) is 11.1 Å². The van der Waals surface area contributed by atoms with Gasteiger partial charge < -0.3 is 5.41 Å². The number of terminal acetylenes is 1. The predicted molar refractivity (Wildman–Crippen MR) is 49.8 cm³/mol. The van der Waals surface area contributed by atoms with Crippen LogP contribution in [0.5, 0.6) is 0 Å². The summed E-state index contributed by atoms with van der Waals surface area (Å²) in [6.45, 7) is 7.87. The zero-order valence-electron chi connectivity index (χ0n) is 7.65. The van der Waals surface area contributed by atoms with Crippen molar-refractivity contribution in [2.75, 3.05) is 0 Å². The molecule has 0 aromatic carbocycles. The third-order valence-electron chi connectivity index (χ3n) is 1.78. The summed E-state index contributed by atoms with van der Waals surface area (Å²) in [6.07, 6.45) is 5.26. The molecule has 0 saturated heterocycles. The van der Waals surface area contributed by atoms with Gasteiger partial charge in [0, 0.05) is 11.3 Å². The summed E-state index contributed by atoms with van der Waals surface area (Å²) >= 11 is 0. The maximum absolute atomic E-state index is 7.37. The van der Waals surface area contributed by atoms with Gasteiger partial charge in [-0.05, 0) is 19.8 Å². The van der Waals surface area contributed by atoms with Crippen LogP contribution in [0, 0.1) is 23.7 Å². The lowest BCUT2D eigenvalue weighted by atomic mass is 9.97. The molecule has 0 radical (unpaired) electrons. The maximum Gasteiger partial charge on any atom is 0.0439 e. The minimum Gasteiger partial charge on any atom is -0.304 e. The quantitative estimate of drug-likeness (QED) is 0.461. The van der Waals surface area contributed by atoms with E-state index in [2.05, 4.69) is 19.8 Å². The Balaban J connectivity index is 4.88. The molecule has 0 aromatic heterocycles. The van der Waals surface area contributed by atoms with Gasteiger partial charge in [-0.2, -0.15) is 0 Å².